The van der Waals surface area contributed by atoms with Crippen LogP contribution in [0.5, 0.6) is 0 Å². The molecule has 0 radical (unpaired) electrons. The molecule has 11 nitrogen and oxygen atoms in total. The number of nitrogens with one attached hydrogen (secondary N) is 2. The summed E-state index contributed by atoms with van der Waals surface area (Å²) in [6.45, 7) is 6.36. The number of ether oxygens (including phenoxy) is 2. The zero-order valence-electron chi connectivity index (χ0n) is 21.6. The molecule has 0 saturated heterocycles. The van der Waals surface area contributed by atoms with Crippen LogP contribution in [0.15, 0.2) is 36.4 Å². The third kappa shape index (κ3) is 8.55. The summed E-state index contributed by atoms with van der Waals surface area (Å²) >= 11 is 0. The topological polar surface area (TPSA) is 147 Å². The molecule has 3 aromatic rings. The monoisotopic (exact) mass is 535 g/mol. The van der Waals surface area contributed by atoms with Crippen LogP contribution in [0.25, 0.3) is 21.7 Å². The van der Waals surface area contributed by atoms with Crippen LogP contribution in [-0.4, -0.2) is 45.5 Å². The quantitative estimate of drug-likeness (QED) is 0.187. The van der Waals surface area contributed by atoms with E-state index in [1.807, 2.05) is 43.4 Å². The van der Waals surface area contributed by atoms with E-state index >= 15 is 0 Å². The highest BCUT2D eigenvalue weighted by molar-refractivity contribution is 7.80. The molecule has 0 aliphatic heterocycles. The summed E-state index contributed by atoms with van der Waals surface area (Å²) in [5, 5.41) is 8.82. The summed E-state index contributed by atoms with van der Waals surface area (Å²) in [4.78, 5) is 23.7. The van der Waals surface area contributed by atoms with Crippen LogP contribution in [0, 0.1) is 0 Å². The van der Waals surface area contributed by atoms with Crippen molar-refractivity contribution in [2.75, 3.05) is 31.0 Å². The fraction of sp³-hybridized carbons (Fsp3) is 0.400. The predicted molar refractivity (Wildman–Crippen MR) is 139 cm³/mol. The van der Waals surface area contributed by atoms with Crippen LogP contribution in [-0.2, 0) is 37.5 Å². The molecule has 0 aliphatic carbocycles. The Labute approximate surface area is 216 Å². The summed E-state index contributed by atoms with van der Waals surface area (Å²) in [5.41, 5.74) is 3.57. The van der Waals surface area contributed by atoms with Crippen LogP contribution in [0.3, 0.4) is 0 Å². The molecule has 2 amide bonds. The Morgan fingerprint density at radius 2 is 1.41 bits per heavy atom. The van der Waals surface area contributed by atoms with Crippen molar-refractivity contribution in [3.63, 3.8) is 0 Å². The van der Waals surface area contributed by atoms with Gasteiger partial charge < -0.3 is 14.0 Å². The molecule has 0 aliphatic rings. The summed E-state index contributed by atoms with van der Waals surface area (Å²) in [5.74, 6) is 0. The zero-order chi connectivity index (χ0) is 27.6. The SMILES string of the molecule is CCCCc1c2cc(NC(=O)OCC)ccc2c2ccc(NC(=O)OCC)cc2[n+]1C.COS(=O)(=O)[O-]. The molecule has 37 heavy (non-hydrogen) atoms. The number of hydrogen-bond donors (Lipinski definition) is 2. The van der Waals surface area contributed by atoms with Crippen LogP contribution < -0.4 is 15.2 Å². The Balaban J connectivity index is 0.000000717. The maximum atomic E-state index is 11.9. The molecule has 202 valence electrons. The van der Waals surface area contributed by atoms with Gasteiger partial charge in [0, 0.05) is 23.6 Å². The average Bonchev–Trinajstić information content (AvgIpc) is 2.84. The molecule has 1 heterocycles. The Hall–Kier alpha value is -3.48. The second-order valence-electron chi connectivity index (χ2n) is 7.87. The Morgan fingerprint density at radius 3 is 1.89 bits per heavy atom. The number of unbranched alkanes of at least 4 members (excludes halogenated alkanes) is 1. The number of aromatic nitrogens is 1. The lowest BCUT2D eigenvalue weighted by atomic mass is 9.99. The van der Waals surface area contributed by atoms with Gasteiger partial charge in [-0.3, -0.25) is 14.8 Å². The molecule has 0 atom stereocenters. The Morgan fingerprint density at radius 1 is 0.892 bits per heavy atom. The van der Waals surface area contributed by atoms with Crippen LogP contribution in [0.4, 0.5) is 21.0 Å². The minimum atomic E-state index is -4.41. The number of carbonyl (C=O) groups is 2. The minimum absolute atomic E-state index is 0.321. The van der Waals surface area contributed by atoms with Gasteiger partial charge in [0.2, 0.25) is 15.9 Å². The van der Waals surface area contributed by atoms with Crippen molar-refractivity contribution < 1.29 is 40.8 Å². The van der Waals surface area contributed by atoms with E-state index in [1.165, 1.54) is 5.69 Å². The second-order valence-corrected chi connectivity index (χ2v) is 9.02. The third-order valence-corrected chi connectivity index (χ3v) is 5.81. The number of pyridine rings is 1. The van der Waals surface area contributed by atoms with Crippen molar-refractivity contribution in [1.82, 2.24) is 0 Å². The van der Waals surface area contributed by atoms with Crippen LogP contribution in [0.1, 0.15) is 39.3 Å². The Bertz CT molecular complexity index is 1360. The summed E-state index contributed by atoms with van der Waals surface area (Å²) in [6, 6.07) is 11.7. The summed E-state index contributed by atoms with van der Waals surface area (Å²) < 4.78 is 43.2. The first kappa shape index (κ1) is 29.7. The number of nitrogens with zero attached hydrogens (tertiary/aromatic N) is 1. The second kappa shape index (κ2) is 13.7. The van der Waals surface area contributed by atoms with Crippen LogP contribution in [0.2, 0.25) is 0 Å². The van der Waals surface area contributed by atoms with Gasteiger partial charge in [0.25, 0.3) is 0 Å². The van der Waals surface area contributed by atoms with Gasteiger partial charge in [0.05, 0.1) is 36.8 Å². The highest BCUT2D eigenvalue weighted by atomic mass is 32.3. The van der Waals surface area contributed by atoms with Crippen molar-refractivity contribution in [3.8, 4) is 0 Å². The smallest absolute Gasteiger partial charge is 0.411 e. The van der Waals surface area contributed by atoms with Gasteiger partial charge in [-0.25, -0.2) is 18.0 Å². The summed E-state index contributed by atoms with van der Waals surface area (Å²) in [7, 11) is -1.57. The maximum absolute atomic E-state index is 11.9. The molecule has 3 rings (SSSR count). The molecule has 0 bridgehead atoms. The molecule has 0 fully saturated rings. The molecule has 0 spiro atoms. The van der Waals surface area contributed by atoms with E-state index in [4.69, 9.17) is 9.47 Å². The van der Waals surface area contributed by atoms with E-state index in [2.05, 4.69) is 26.3 Å². The van der Waals surface area contributed by atoms with Gasteiger partial charge in [0.1, 0.15) is 7.05 Å². The summed E-state index contributed by atoms with van der Waals surface area (Å²) in [6.07, 6.45) is 2.09. The van der Waals surface area contributed by atoms with E-state index in [9.17, 15) is 22.6 Å². The van der Waals surface area contributed by atoms with Crippen LogP contribution >= 0.6 is 0 Å². The van der Waals surface area contributed by atoms with E-state index in [0.29, 0.717) is 24.6 Å². The third-order valence-electron chi connectivity index (χ3n) is 5.40. The first-order valence-corrected chi connectivity index (χ1v) is 13.1. The number of rotatable bonds is 8. The van der Waals surface area contributed by atoms with Gasteiger partial charge in [-0.15, -0.1) is 0 Å². The minimum Gasteiger partial charge on any atom is -0.726 e. The van der Waals surface area contributed by atoms with E-state index in [-0.39, 0.29) is 0 Å². The van der Waals surface area contributed by atoms with Crippen molar-refractivity contribution >= 4 is 55.6 Å². The Kier molecular flexibility index (Phi) is 11.0. The number of amides is 2. The van der Waals surface area contributed by atoms with Gasteiger partial charge in [-0.2, -0.15) is 4.57 Å². The molecule has 12 heteroatoms. The first-order chi connectivity index (χ1) is 17.5. The highest BCUT2D eigenvalue weighted by Gasteiger charge is 2.20. The normalized spacial score (nSPS) is 11.0. The average molecular weight is 536 g/mol. The van der Waals surface area contributed by atoms with Gasteiger partial charge >= 0.3 is 12.2 Å². The molecule has 2 N–H and O–H groups in total. The van der Waals surface area contributed by atoms with Crippen molar-refractivity contribution in [1.29, 1.82) is 0 Å². The number of hydrogen-bond acceptors (Lipinski definition) is 8. The van der Waals surface area contributed by atoms with Crippen molar-refractivity contribution in [2.45, 2.75) is 40.0 Å². The highest BCUT2D eigenvalue weighted by Crippen LogP contribution is 2.30. The van der Waals surface area contributed by atoms with Gasteiger partial charge in [-0.05, 0) is 44.5 Å². The number of anilines is 2. The van der Waals surface area contributed by atoms with Crippen molar-refractivity contribution in [2.24, 2.45) is 7.05 Å². The number of benzene rings is 2. The maximum Gasteiger partial charge on any atom is 0.411 e. The molecular weight excluding hydrogens is 502 g/mol. The zero-order valence-corrected chi connectivity index (χ0v) is 22.4. The fourth-order valence-electron chi connectivity index (χ4n) is 3.75. The molecular formula is C25H33N3O8S. The molecule has 1 aromatic heterocycles. The lowest BCUT2D eigenvalue weighted by molar-refractivity contribution is -0.651. The molecule has 2 aromatic carbocycles. The van der Waals surface area contributed by atoms with E-state index in [1.54, 1.807) is 13.8 Å². The largest absolute Gasteiger partial charge is 0.726 e. The van der Waals surface area contributed by atoms with Gasteiger partial charge in [0.15, 0.2) is 5.69 Å². The standard InChI is InChI=1S/C24H29N3O4.CH4O4S/c1-5-8-9-21-20-14-16(25-23(28)30-6-2)10-12-18(20)19-13-11-17(15-22(19)27(21)4)26-24(29)31-7-3;1-5-6(2,3)4/h10-15H,5-9H2,1-4H3,(H,25,28);1H3,(H,2,3,4). The molecule has 0 saturated carbocycles. The number of fused-ring (bicyclic) bond motifs is 3. The predicted octanol–water partition coefficient (Wildman–Crippen LogP) is 4.39. The fourth-order valence-corrected chi connectivity index (χ4v) is 3.75. The van der Waals surface area contributed by atoms with Gasteiger partial charge in [-0.1, -0.05) is 19.4 Å². The first-order valence-electron chi connectivity index (χ1n) is 11.8. The van der Waals surface area contributed by atoms with E-state index in [0.717, 1.165) is 48.0 Å². The van der Waals surface area contributed by atoms with E-state index < -0.39 is 22.6 Å². The lowest BCUT2D eigenvalue weighted by Crippen LogP contribution is -2.35. The number of carbonyl (C=O) groups excluding carboxylic acids is 2. The van der Waals surface area contributed by atoms with Crippen molar-refractivity contribution in [3.05, 3.63) is 42.1 Å². The number of aryl methyl sites for hydroxylation is 2. The lowest BCUT2D eigenvalue weighted by Gasteiger charge is -2.12. The molecule has 0 unspecified atom stereocenters.